The third-order valence-electron chi connectivity index (χ3n) is 4.57. The summed E-state index contributed by atoms with van der Waals surface area (Å²) < 4.78 is 1.71. The Morgan fingerprint density at radius 1 is 0.778 bits per heavy atom. The van der Waals surface area contributed by atoms with Crippen molar-refractivity contribution in [1.82, 2.24) is 0 Å². The fraction of sp³-hybridized carbons (Fsp3) is 0.250. The van der Waals surface area contributed by atoms with Crippen LogP contribution in [0.2, 0.25) is 0 Å². The van der Waals surface area contributed by atoms with E-state index in [2.05, 4.69) is 86.7 Å². The van der Waals surface area contributed by atoms with Crippen LogP contribution in [0.1, 0.15) is 38.5 Å². The van der Waals surface area contributed by atoms with Crippen LogP contribution < -0.4 is 24.8 Å². The minimum atomic E-state index is 0. The summed E-state index contributed by atoms with van der Waals surface area (Å²) in [6.07, 6.45) is 17.2. The molecule has 0 spiro atoms. The van der Waals surface area contributed by atoms with Crippen molar-refractivity contribution in [3.05, 3.63) is 78.9 Å². The van der Waals surface area contributed by atoms with E-state index in [0.29, 0.717) is 0 Å². The Kier molecular flexibility index (Phi) is 11.7. The summed E-state index contributed by atoms with van der Waals surface area (Å²) in [7, 11) is 0. The van der Waals surface area contributed by atoms with Gasteiger partial charge in [-0.05, 0) is 0 Å². The molecule has 0 atom stereocenters. The van der Waals surface area contributed by atoms with E-state index in [1.54, 1.807) is 3.81 Å². The van der Waals surface area contributed by atoms with Crippen molar-refractivity contribution in [2.45, 2.75) is 38.5 Å². The predicted molar refractivity (Wildman–Crippen MR) is 107 cm³/mol. The molecule has 140 valence electrons. The normalized spacial score (nSPS) is 14.5. The number of benzene rings is 2. The number of hydrogen-bond donors (Lipinski definition) is 0. The van der Waals surface area contributed by atoms with E-state index in [9.17, 15) is 0 Å². The molecule has 27 heavy (non-hydrogen) atoms. The summed E-state index contributed by atoms with van der Waals surface area (Å²) in [5.74, 6) is 0. The van der Waals surface area contributed by atoms with Crippen molar-refractivity contribution >= 4 is 25.4 Å². The molecule has 0 nitrogen and oxygen atoms in total. The summed E-state index contributed by atoms with van der Waals surface area (Å²) >= 11 is 2.28. The van der Waals surface area contributed by atoms with Crippen LogP contribution in [0, 0.1) is 6.08 Å². The van der Waals surface area contributed by atoms with Crippen molar-refractivity contribution in [2.75, 3.05) is 0 Å². The third-order valence-corrected chi connectivity index (χ3v) is 5.35. The van der Waals surface area contributed by atoms with E-state index < -0.39 is 0 Å². The summed E-state index contributed by atoms with van der Waals surface area (Å²) in [4.78, 5) is 0. The Labute approximate surface area is 186 Å². The molecular weight excluding hydrogens is 407 g/mol. The molecule has 0 amide bonds. The number of rotatable bonds is 0. The Morgan fingerprint density at radius 3 is 1.70 bits per heavy atom. The van der Waals surface area contributed by atoms with Gasteiger partial charge in [0.1, 0.15) is 0 Å². The van der Waals surface area contributed by atoms with E-state index in [-0.39, 0.29) is 24.8 Å². The molecule has 0 saturated heterocycles. The average Bonchev–Trinajstić information content (AvgIpc) is 3.34. The van der Waals surface area contributed by atoms with E-state index >= 15 is 0 Å². The summed E-state index contributed by atoms with van der Waals surface area (Å²) in [6.45, 7) is 0. The molecule has 3 heteroatoms. The average molecular weight is 431 g/mol. The van der Waals surface area contributed by atoms with Gasteiger partial charge in [0.15, 0.2) is 0 Å². The van der Waals surface area contributed by atoms with Crippen LogP contribution in [0.15, 0.2) is 72.8 Å². The molecule has 0 aromatic heterocycles. The molecule has 3 aromatic carbocycles. The van der Waals surface area contributed by atoms with Crippen molar-refractivity contribution in [3.63, 3.8) is 0 Å². The Balaban J connectivity index is 0.000000223. The second-order valence-electron chi connectivity index (χ2n) is 6.49. The van der Waals surface area contributed by atoms with Crippen LogP contribution in [0.4, 0.5) is 0 Å². The molecule has 0 heterocycles. The van der Waals surface area contributed by atoms with E-state index in [0.717, 1.165) is 6.42 Å². The van der Waals surface area contributed by atoms with Gasteiger partial charge in [-0.3, -0.25) is 6.08 Å². The van der Waals surface area contributed by atoms with Gasteiger partial charge in [-0.1, -0.05) is 36.4 Å². The Bertz CT molecular complexity index is 821. The fourth-order valence-corrected chi connectivity index (χ4v) is 3.77. The summed E-state index contributed by atoms with van der Waals surface area (Å²) in [5, 5.41) is 5.39. The van der Waals surface area contributed by atoms with Crippen LogP contribution in [-0.4, -0.2) is 3.81 Å². The number of allylic oxidation sites excluding steroid dienone is 4. The zero-order chi connectivity index (χ0) is 17.3. The van der Waals surface area contributed by atoms with Gasteiger partial charge >= 0.3 is 55.9 Å². The van der Waals surface area contributed by atoms with Crippen molar-refractivity contribution < 1.29 is 44.8 Å². The second-order valence-corrected chi connectivity index (χ2v) is 7.59. The topological polar surface area (TPSA) is 0 Å². The molecule has 5 rings (SSSR count). The summed E-state index contributed by atoms with van der Waals surface area (Å²) in [5.41, 5.74) is 0. The van der Waals surface area contributed by atoms with Gasteiger partial charge in [-0.15, -0.1) is 46.2 Å². The van der Waals surface area contributed by atoms with Gasteiger partial charge in [0, 0.05) is 0 Å². The first-order valence-corrected chi connectivity index (χ1v) is 9.94. The molecule has 0 radical (unpaired) electrons. The molecule has 0 bridgehead atoms. The SMILES string of the molecule is [C-]1=CC=CC1.[Cl-].[Cl-].[Ti+2]=[C]1CCCCC1.c1ccc2c(c1)[cH-]c1ccccc12. The molecule has 1 fully saturated rings. The van der Waals surface area contributed by atoms with Gasteiger partial charge in [0.05, 0.1) is 0 Å². The fourth-order valence-electron chi connectivity index (χ4n) is 3.22. The third kappa shape index (κ3) is 7.47. The number of hydrogen-bond acceptors (Lipinski definition) is 0. The number of halogens is 2. The molecular formula is C24H24Cl2Ti-2. The first kappa shape index (κ1) is 24.0. The molecule has 0 unspecified atom stereocenters. The van der Waals surface area contributed by atoms with Crippen molar-refractivity contribution in [2.24, 2.45) is 0 Å². The number of fused-ring (bicyclic) bond motifs is 3. The van der Waals surface area contributed by atoms with Crippen LogP contribution in [0.3, 0.4) is 0 Å². The zero-order valence-electron chi connectivity index (χ0n) is 15.4. The zero-order valence-corrected chi connectivity index (χ0v) is 18.5. The van der Waals surface area contributed by atoms with E-state index in [1.165, 1.54) is 53.6 Å². The molecule has 3 aromatic rings. The Hall–Kier alpha value is -1.05. The first-order valence-electron chi connectivity index (χ1n) is 9.16. The molecule has 1 saturated carbocycles. The quantitative estimate of drug-likeness (QED) is 0.363. The minimum Gasteiger partial charge on any atom is -0.126 e. The predicted octanol–water partition coefficient (Wildman–Crippen LogP) is 0.695. The Morgan fingerprint density at radius 2 is 1.33 bits per heavy atom. The van der Waals surface area contributed by atoms with Gasteiger partial charge in [-0.2, -0.15) is 6.08 Å². The maximum absolute atomic E-state index is 2.99. The monoisotopic (exact) mass is 430 g/mol. The van der Waals surface area contributed by atoms with E-state index in [1.807, 2.05) is 12.2 Å². The van der Waals surface area contributed by atoms with Crippen molar-refractivity contribution in [1.29, 1.82) is 0 Å². The van der Waals surface area contributed by atoms with E-state index in [4.69, 9.17) is 0 Å². The van der Waals surface area contributed by atoms with Gasteiger partial charge in [0.25, 0.3) is 0 Å². The minimum absolute atomic E-state index is 0. The first-order chi connectivity index (χ1) is 12.3. The van der Waals surface area contributed by atoms with Gasteiger partial charge < -0.3 is 24.8 Å². The second kappa shape index (κ2) is 13.2. The van der Waals surface area contributed by atoms with Crippen LogP contribution in [-0.2, 0) is 20.0 Å². The van der Waals surface area contributed by atoms with Crippen LogP contribution in [0.25, 0.3) is 21.5 Å². The van der Waals surface area contributed by atoms with Gasteiger partial charge in [-0.25, -0.2) is 12.2 Å². The van der Waals surface area contributed by atoms with Crippen LogP contribution >= 0.6 is 0 Å². The molecule has 0 N–H and O–H groups in total. The standard InChI is InChI=1S/C13H9.C6H10.C5H5.2ClH.Ti/c1-3-7-12-10(5-1)9-11-6-2-4-8-13(11)12;1-2-4-6-5-3-1;1-2-4-5-3-1;;;/h1-9H;1-5H2;1-3H,4H2;2*1H;/q-1;;-1;;;+2/p-2. The largest absolute Gasteiger partial charge is 0.126 e. The molecule has 2 aliphatic carbocycles. The maximum atomic E-state index is 2.99. The summed E-state index contributed by atoms with van der Waals surface area (Å²) in [6, 6.07) is 19.3. The molecule has 0 aliphatic heterocycles. The van der Waals surface area contributed by atoms with Crippen molar-refractivity contribution in [3.8, 4) is 0 Å². The van der Waals surface area contributed by atoms with Crippen LogP contribution in [0.5, 0.6) is 0 Å². The smallest absolute Gasteiger partial charge is 0.0771 e. The maximum Gasteiger partial charge on any atom is -0.0771 e. The van der Waals surface area contributed by atoms with Gasteiger partial charge in [0.2, 0.25) is 0 Å². The molecule has 2 aliphatic rings.